The molecule has 3 N–H and O–H groups in total. The molecule has 4 rings (SSSR count). The lowest BCUT2D eigenvalue weighted by atomic mass is 10.3. The van der Waals surface area contributed by atoms with Crippen LogP contribution in [0.1, 0.15) is 10.4 Å². The molecule has 146 valence electrons. The summed E-state index contributed by atoms with van der Waals surface area (Å²) in [5, 5.41) is 9.85. The van der Waals surface area contributed by atoms with Crippen LogP contribution in [-0.2, 0) is 16.1 Å². The van der Waals surface area contributed by atoms with E-state index in [1.54, 1.807) is 29.0 Å². The Morgan fingerprint density at radius 3 is 2.79 bits per heavy atom. The van der Waals surface area contributed by atoms with Crippen LogP contribution in [0.3, 0.4) is 0 Å². The van der Waals surface area contributed by atoms with Gasteiger partial charge in [-0.3, -0.25) is 9.78 Å². The van der Waals surface area contributed by atoms with Crippen LogP contribution in [0.4, 0.5) is 5.82 Å². The maximum Gasteiger partial charge on any atom is 0.341 e. The van der Waals surface area contributed by atoms with Gasteiger partial charge in [-0.1, -0.05) is 12.1 Å². The first-order valence-electron chi connectivity index (χ1n) is 8.51. The number of pyridine rings is 1. The summed E-state index contributed by atoms with van der Waals surface area (Å²) in [5.41, 5.74) is 7.66. The average molecular weight is 393 g/mol. The molecule has 0 saturated heterocycles. The number of rotatable bonds is 6. The molecule has 0 spiro atoms. The quantitative estimate of drug-likeness (QED) is 0.361. The van der Waals surface area contributed by atoms with E-state index in [2.05, 4.69) is 30.2 Å². The second-order valence-corrected chi connectivity index (χ2v) is 5.93. The number of carbonyl (C=O) groups is 2. The predicted molar refractivity (Wildman–Crippen MR) is 100 cm³/mol. The lowest BCUT2D eigenvalue weighted by Crippen LogP contribution is -2.31. The lowest BCUT2D eigenvalue weighted by molar-refractivity contribution is -0.122. The Morgan fingerprint density at radius 2 is 2.03 bits per heavy atom. The SMILES string of the molecule is Nc1nonc1-c1nc2ccccc2n1CC(=O)NCOC(=O)c1cccnc1. The Hall–Kier alpha value is -4.28. The molecule has 11 nitrogen and oxygen atoms in total. The highest BCUT2D eigenvalue weighted by Crippen LogP contribution is 2.26. The van der Waals surface area contributed by atoms with Gasteiger partial charge in [-0.25, -0.2) is 14.4 Å². The summed E-state index contributed by atoms with van der Waals surface area (Å²) in [5.74, 6) is -0.586. The van der Waals surface area contributed by atoms with E-state index in [9.17, 15) is 9.59 Å². The Bertz CT molecular complexity index is 1170. The number of benzene rings is 1. The van der Waals surface area contributed by atoms with Gasteiger partial charge in [0.2, 0.25) is 5.91 Å². The van der Waals surface area contributed by atoms with Crippen molar-refractivity contribution in [2.75, 3.05) is 12.5 Å². The van der Waals surface area contributed by atoms with E-state index in [-0.39, 0.29) is 24.8 Å². The largest absolute Gasteiger partial charge is 0.441 e. The topological polar surface area (TPSA) is 151 Å². The molecule has 0 aliphatic carbocycles. The van der Waals surface area contributed by atoms with E-state index in [0.717, 1.165) is 0 Å². The third-order valence-electron chi connectivity index (χ3n) is 4.05. The van der Waals surface area contributed by atoms with E-state index < -0.39 is 11.9 Å². The molecule has 3 aromatic heterocycles. The maximum atomic E-state index is 12.4. The van der Waals surface area contributed by atoms with Crippen molar-refractivity contribution in [2.24, 2.45) is 0 Å². The molecule has 11 heteroatoms. The molecule has 0 bridgehead atoms. The molecule has 0 unspecified atom stereocenters. The van der Waals surface area contributed by atoms with Gasteiger partial charge in [0.05, 0.1) is 16.6 Å². The number of anilines is 1. The number of nitrogen functional groups attached to an aromatic ring is 1. The minimum absolute atomic E-state index is 0.0624. The molecule has 1 aromatic carbocycles. The summed E-state index contributed by atoms with van der Waals surface area (Å²) in [4.78, 5) is 32.6. The van der Waals surface area contributed by atoms with Crippen molar-refractivity contribution in [3.8, 4) is 11.5 Å². The zero-order valence-electron chi connectivity index (χ0n) is 15.0. The fraction of sp³-hybridized carbons (Fsp3) is 0.111. The van der Waals surface area contributed by atoms with Gasteiger partial charge in [0.15, 0.2) is 24.1 Å². The van der Waals surface area contributed by atoms with Crippen LogP contribution in [-0.4, -0.2) is 43.5 Å². The van der Waals surface area contributed by atoms with E-state index >= 15 is 0 Å². The maximum absolute atomic E-state index is 12.4. The van der Waals surface area contributed by atoms with E-state index in [4.69, 9.17) is 10.5 Å². The fourth-order valence-corrected chi connectivity index (χ4v) is 2.72. The molecule has 0 aliphatic heterocycles. The van der Waals surface area contributed by atoms with Crippen molar-refractivity contribution in [3.63, 3.8) is 0 Å². The highest BCUT2D eigenvalue weighted by atomic mass is 16.6. The molecule has 0 aliphatic rings. The van der Waals surface area contributed by atoms with Crippen LogP contribution in [0.5, 0.6) is 0 Å². The summed E-state index contributed by atoms with van der Waals surface area (Å²) >= 11 is 0. The average Bonchev–Trinajstić information content (AvgIpc) is 3.32. The summed E-state index contributed by atoms with van der Waals surface area (Å²) in [7, 11) is 0. The van der Waals surface area contributed by atoms with Gasteiger partial charge < -0.3 is 20.4 Å². The van der Waals surface area contributed by atoms with Gasteiger partial charge in [0.25, 0.3) is 0 Å². The first kappa shape index (κ1) is 18.1. The van der Waals surface area contributed by atoms with Crippen molar-refractivity contribution in [1.82, 2.24) is 30.2 Å². The lowest BCUT2D eigenvalue weighted by Gasteiger charge is -2.09. The number of nitrogens with one attached hydrogen (secondary N) is 1. The Kier molecular flexibility index (Phi) is 4.84. The van der Waals surface area contributed by atoms with Crippen LogP contribution in [0.2, 0.25) is 0 Å². The van der Waals surface area contributed by atoms with Crippen LogP contribution >= 0.6 is 0 Å². The molecule has 1 amide bonds. The van der Waals surface area contributed by atoms with Crippen LogP contribution in [0.25, 0.3) is 22.6 Å². The molecule has 0 fully saturated rings. The number of nitrogens with two attached hydrogens (primary N) is 1. The normalized spacial score (nSPS) is 10.8. The fourth-order valence-electron chi connectivity index (χ4n) is 2.72. The summed E-state index contributed by atoms with van der Waals surface area (Å²) in [6.45, 7) is -0.394. The van der Waals surface area contributed by atoms with Crippen LogP contribution in [0.15, 0.2) is 53.4 Å². The predicted octanol–water partition coefficient (Wildman–Crippen LogP) is 0.994. The van der Waals surface area contributed by atoms with Crippen LogP contribution < -0.4 is 11.1 Å². The van der Waals surface area contributed by atoms with Gasteiger partial charge in [-0.15, -0.1) is 0 Å². The second kappa shape index (κ2) is 7.76. The molecule has 0 saturated carbocycles. The summed E-state index contributed by atoms with van der Waals surface area (Å²) < 4.78 is 11.3. The van der Waals surface area contributed by atoms with Gasteiger partial charge >= 0.3 is 5.97 Å². The smallest absolute Gasteiger partial charge is 0.341 e. The van der Waals surface area contributed by atoms with Crippen LogP contribution in [0, 0.1) is 0 Å². The molecule has 29 heavy (non-hydrogen) atoms. The summed E-state index contributed by atoms with van der Waals surface area (Å²) in [6.07, 6.45) is 2.92. The van der Waals surface area contributed by atoms with E-state index in [0.29, 0.717) is 22.4 Å². The Morgan fingerprint density at radius 1 is 1.17 bits per heavy atom. The zero-order chi connectivity index (χ0) is 20.2. The third-order valence-corrected chi connectivity index (χ3v) is 4.05. The molecule has 0 atom stereocenters. The highest BCUT2D eigenvalue weighted by molar-refractivity contribution is 5.89. The van der Waals surface area contributed by atoms with Gasteiger partial charge in [0.1, 0.15) is 6.54 Å². The number of nitrogens with zero attached hydrogens (tertiary/aromatic N) is 5. The van der Waals surface area contributed by atoms with Crippen molar-refractivity contribution in [1.29, 1.82) is 0 Å². The monoisotopic (exact) mass is 393 g/mol. The first-order chi connectivity index (χ1) is 14.1. The number of amides is 1. The molecular formula is C18H15N7O4. The molecule has 0 radical (unpaired) electrons. The standard InChI is InChI=1S/C18H15N7O4/c19-16-15(23-29-24-16)17-22-12-5-1-2-6-13(12)25(17)9-14(26)21-10-28-18(27)11-4-3-7-20-8-11/h1-8H,9-10H2,(H2,19,24)(H,21,26). The van der Waals surface area contributed by atoms with Crippen molar-refractivity contribution in [3.05, 3.63) is 54.4 Å². The molecular weight excluding hydrogens is 378 g/mol. The number of fused-ring (bicyclic) bond motifs is 1. The van der Waals surface area contributed by atoms with E-state index in [1.165, 1.54) is 6.20 Å². The minimum atomic E-state index is -0.589. The highest BCUT2D eigenvalue weighted by Gasteiger charge is 2.20. The number of hydrogen-bond acceptors (Lipinski definition) is 9. The minimum Gasteiger partial charge on any atom is -0.441 e. The second-order valence-electron chi connectivity index (χ2n) is 5.93. The van der Waals surface area contributed by atoms with Crippen molar-refractivity contribution < 1.29 is 19.0 Å². The molecule has 4 aromatic rings. The number of ether oxygens (including phenoxy) is 1. The third kappa shape index (κ3) is 3.74. The van der Waals surface area contributed by atoms with Gasteiger partial charge in [0, 0.05) is 12.4 Å². The Labute approximate surface area is 163 Å². The van der Waals surface area contributed by atoms with Gasteiger partial charge in [-0.05, 0) is 34.6 Å². The molecule has 3 heterocycles. The number of aromatic nitrogens is 5. The summed E-state index contributed by atoms with van der Waals surface area (Å²) in [6, 6.07) is 10.4. The number of carbonyl (C=O) groups excluding carboxylic acids is 2. The number of para-hydroxylation sites is 2. The number of imidazole rings is 1. The van der Waals surface area contributed by atoms with Gasteiger partial charge in [-0.2, -0.15) is 0 Å². The zero-order valence-corrected chi connectivity index (χ0v) is 15.0. The Balaban J connectivity index is 1.48. The number of hydrogen-bond donors (Lipinski definition) is 2. The van der Waals surface area contributed by atoms with Crippen molar-refractivity contribution in [2.45, 2.75) is 6.54 Å². The first-order valence-corrected chi connectivity index (χ1v) is 8.51. The van der Waals surface area contributed by atoms with Crippen molar-refractivity contribution >= 4 is 28.7 Å². The number of esters is 1. The van der Waals surface area contributed by atoms with E-state index in [1.807, 2.05) is 18.2 Å².